The van der Waals surface area contributed by atoms with Crippen molar-refractivity contribution in [2.24, 2.45) is 0 Å². The smallest absolute Gasteiger partial charge is 0.234 e. The van der Waals surface area contributed by atoms with E-state index in [9.17, 15) is 12.8 Å². The minimum absolute atomic E-state index is 0.0797. The normalized spacial score (nSPS) is 15.3. The van der Waals surface area contributed by atoms with Crippen LogP contribution in [0, 0.1) is 5.82 Å². The number of fused-ring (bicyclic) bond motifs is 1. The minimum Gasteiger partial charge on any atom is -0.234 e. The molecule has 2 heterocycles. The van der Waals surface area contributed by atoms with Crippen molar-refractivity contribution in [3.8, 4) is 0 Å². The first-order valence-corrected chi connectivity index (χ1v) is 7.19. The van der Waals surface area contributed by atoms with Gasteiger partial charge < -0.3 is 0 Å². The molecule has 1 aliphatic rings. The molecule has 100 valence electrons. The topological polar surface area (TPSA) is 68.1 Å². The average molecular weight is 282 g/mol. The van der Waals surface area contributed by atoms with Gasteiger partial charge in [0.05, 0.1) is 4.90 Å². The molecule has 0 fully saturated rings. The Labute approximate surface area is 109 Å². The first kappa shape index (κ1) is 12.1. The van der Waals surface area contributed by atoms with Crippen LogP contribution in [-0.2, 0) is 16.6 Å². The molecule has 0 N–H and O–H groups in total. The Bertz CT molecular complexity index is 713. The minimum atomic E-state index is -3.80. The fourth-order valence-corrected chi connectivity index (χ4v) is 3.55. The number of nitrogens with zero attached hydrogens (tertiary/aromatic N) is 4. The van der Waals surface area contributed by atoms with E-state index < -0.39 is 15.8 Å². The van der Waals surface area contributed by atoms with E-state index >= 15 is 0 Å². The van der Waals surface area contributed by atoms with Crippen LogP contribution in [0.3, 0.4) is 0 Å². The number of hydrogen-bond donors (Lipinski definition) is 0. The third-order valence-corrected chi connectivity index (χ3v) is 4.71. The Morgan fingerprint density at radius 3 is 2.89 bits per heavy atom. The molecular weight excluding hydrogens is 271 g/mol. The SMILES string of the molecule is O=S(=O)(c1cccc(F)c1)N1CCCn2ncnc21. The van der Waals surface area contributed by atoms with E-state index in [1.54, 1.807) is 0 Å². The van der Waals surface area contributed by atoms with Gasteiger partial charge in [-0.3, -0.25) is 0 Å². The Kier molecular flexibility index (Phi) is 2.74. The molecule has 0 saturated carbocycles. The quantitative estimate of drug-likeness (QED) is 0.824. The van der Waals surface area contributed by atoms with Crippen molar-refractivity contribution in [3.05, 3.63) is 36.4 Å². The van der Waals surface area contributed by atoms with Gasteiger partial charge >= 0.3 is 0 Å². The van der Waals surface area contributed by atoms with E-state index in [0.717, 1.165) is 10.4 Å². The summed E-state index contributed by atoms with van der Waals surface area (Å²) in [5.74, 6) is -0.310. The lowest BCUT2D eigenvalue weighted by Gasteiger charge is -2.27. The largest absolute Gasteiger partial charge is 0.266 e. The lowest BCUT2D eigenvalue weighted by molar-refractivity contribution is 0.529. The van der Waals surface area contributed by atoms with Gasteiger partial charge in [-0.25, -0.2) is 21.8 Å². The molecule has 0 unspecified atom stereocenters. The van der Waals surface area contributed by atoms with Crippen molar-refractivity contribution in [2.75, 3.05) is 10.8 Å². The maximum absolute atomic E-state index is 13.2. The van der Waals surface area contributed by atoms with E-state index in [1.807, 2.05) is 0 Å². The van der Waals surface area contributed by atoms with Crippen molar-refractivity contribution >= 4 is 16.0 Å². The fourth-order valence-electron chi connectivity index (χ4n) is 2.06. The van der Waals surface area contributed by atoms with Gasteiger partial charge in [0, 0.05) is 13.1 Å². The number of hydrogen-bond acceptors (Lipinski definition) is 4. The molecule has 2 aromatic rings. The van der Waals surface area contributed by atoms with Gasteiger partial charge in [-0.2, -0.15) is 10.1 Å². The number of rotatable bonds is 2. The summed E-state index contributed by atoms with van der Waals surface area (Å²) in [6, 6.07) is 4.95. The van der Waals surface area contributed by atoms with Crippen LogP contribution in [0.5, 0.6) is 0 Å². The number of anilines is 1. The highest BCUT2D eigenvalue weighted by atomic mass is 32.2. The highest BCUT2D eigenvalue weighted by Crippen LogP contribution is 2.25. The average Bonchev–Trinajstić information content (AvgIpc) is 2.86. The third kappa shape index (κ3) is 1.97. The molecule has 1 aliphatic heterocycles. The van der Waals surface area contributed by atoms with Crippen LogP contribution in [0.15, 0.2) is 35.5 Å². The second kappa shape index (κ2) is 4.30. The summed E-state index contributed by atoms with van der Waals surface area (Å²) < 4.78 is 40.8. The molecule has 19 heavy (non-hydrogen) atoms. The van der Waals surface area contributed by atoms with E-state index in [0.29, 0.717) is 19.5 Å². The monoisotopic (exact) mass is 282 g/mol. The summed E-state index contributed by atoms with van der Waals surface area (Å²) in [4.78, 5) is 3.88. The highest BCUT2D eigenvalue weighted by Gasteiger charge is 2.31. The lowest BCUT2D eigenvalue weighted by atomic mass is 10.4. The standard InChI is InChI=1S/C11H11FN4O2S/c12-9-3-1-4-10(7-9)19(17,18)16-6-2-5-15-11(16)13-8-14-15/h1,3-4,7-8H,2,5-6H2. The summed E-state index contributed by atoms with van der Waals surface area (Å²) in [5, 5.41) is 3.96. The Morgan fingerprint density at radius 2 is 2.11 bits per heavy atom. The van der Waals surface area contributed by atoms with Crippen LogP contribution >= 0.6 is 0 Å². The fraction of sp³-hybridized carbons (Fsp3) is 0.273. The Balaban J connectivity index is 2.08. The maximum atomic E-state index is 13.2. The number of halogens is 1. The zero-order chi connectivity index (χ0) is 13.5. The molecule has 0 spiro atoms. The van der Waals surface area contributed by atoms with Crippen LogP contribution in [0.1, 0.15) is 6.42 Å². The second-order valence-corrected chi connectivity index (χ2v) is 6.03. The number of aryl methyl sites for hydroxylation is 1. The van der Waals surface area contributed by atoms with Crippen LogP contribution in [0.25, 0.3) is 0 Å². The molecule has 6 nitrogen and oxygen atoms in total. The first-order chi connectivity index (χ1) is 9.09. The number of sulfonamides is 1. The molecule has 1 aromatic carbocycles. The van der Waals surface area contributed by atoms with Gasteiger partial charge in [-0.15, -0.1) is 0 Å². The maximum Gasteiger partial charge on any atom is 0.266 e. The van der Waals surface area contributed by atoms with Crippen molar-refractivity contribution < 1.29 is 12.8 Å². The zero-order valence-electron chi connectivity index (χ0n) is 9.90. The van der Waals surface area contributed by atoms with Gasteiger partial charge in [-0.05, 0) is 24.6 Å². The number of benzene rings is 1. The molecule has 0 bridgehead atoms. The molecule has 3 rings (SSSR count). The second-order valence-electron chi connectivity index (χ2n) is 4.17. The Morgan fingerprint density at radius 1 is 1.26 bits per heavy atom. The third-order valence-electron chi connectivity index (χ3n) is 2.93. The Hall–Kier alpha value is -1.96. The first-order valence-electron chi connectivity index (χ1n) is 5.75. The van der Waals surface area contributed by atoms with E-state index in [-0.39, 0.29) is 10.8 Å². The van der Waals surface area contributed by atoms with Crippen molar-refractivity contribution in [2.45, 2.75) is 17.9 Å². The van der Waals surface area contributed by atoms with Crippen LogP contribution in [-0.4, -0.2) is 29.7 Å². The van der Waals surface area contributed by atoms with Crippen molar-refractivity contribution in [1.82, 2.24) is 14.8 Å². The summed E-state index contributed by atoms with van der Waals surface area (Å²) >= 11 is 0. The number of aromatic nitrogens is 3. The van der Waals surface area contributed by atoms with Gasteiger partial charge in [-0.1, -0.05) is 6.07 Å². The summed E-state index contributed by atoms with van der Waals surface area (Å²) in [5.41, 5.74) is 0. The zero-order valence-corrected chi connectivity index (χ0v) is 10.7. The highest BCUT2D eigenvalue weighted by molar-refractivity contribution is 7.92. The molecular formula is C11H11FN4O2S. The van der Waals surface area contributed by atoms with E-state index in [1.165, 1.54) is 29.2 Å². The van der Waals surface area contributed by atoms with Crippen LogP contribution in [0.4, 0.5) is 10.3 Å². The van der Waals surface area contributed by atoms with E-state index in [4.69, 9.17) is 0 Å². The molecule has 0 amide bonds. The summed E-state index contributed by atoms with van der Waals surface area (Å²) in [6.45, 7) is 0.946. The van der Waals surface area contributed by atoms with Crippen molar-refractivity contribution in [1.29, 1.82) is 0 Å². The predicted molar refractivity (Wildman–Crippen MR) is 65.6 cm³/mol. The van der Waals surface area contributed by atoms with Gasteiger partial charge in [0.1, 0.15) is 12.1 Å². The predicted octanol–water partition coefficient (Wildman–Crippen LogP) is 1.02. The van der Waals surface area contributed by atoms with Crippen LogP contribution < -0.4 is 4.31 Å². The molecule has 8 heteroatoms. The molecule has 0 aliphatic carbocycles. The van der Waals surface area contributed by atoms with Gasteiger partial charge in [0.2, 0.25) is 5.95 Å². The lowest BCUT2D eigenvalue weighted by Crippen LogP contribution is -2.38. The summed E-state index contributed by atoms with van der Waals surface area (Å²) in [7, 11) is -3.80. The molecule has 0 atom stereocenters. The molecule has 0 radical (unpaired) electrons. The van der Waals surface area contributed by atoms with Crippen molar-refractivity contribution in [3.63, 3.8) is 0 Å². The molecule has 0 saturated heterocycles. The van der Waals surface area contributed by atoms with Gasteiger partial charge in [0.25, 0.3) is 10.0 Å². The van der Waals surface area contributed by atoms with Gasteiger partial charge in [0.15, 0.2) is 0 Å². The van der Waals surface area contributed by atoms with Crippen LogP contribution in [0.2, 0.25) is 0 Å². The summed E-state index contributed by atoms with van der Waals surface area (Å²) in [6.07, 6.45) is 1.96. The molecule has 1 aromatic heterocycles. The van der Waals surface area contributed by atoms with E-state index in [2.05, 4.69) is 10.1 Å².